The Morgan fingerprint density at radius 3 is 2.83 bits per heavy atom. The summed E-state index contributed by atoms with van der Waals surface area (Å²) in [5.74, 6) is 1.26. The number of aromatic nitrogens is 4. The fourth-order valence-corrected chi connectivity index (χ4v) is 4.17. The van der Waals surface area contributed by atoms with E-state index < -0.39 is 5.60 Å². The van der Waals surface area contributed by atoms with Gasteiger partial charge < -0.3 is 14.8 Å². The van der Waals surface area contributed by atoms with Crippen LogP contribution in [0.5, 0.6) is 5.88 Å². The molecule has 3 aromatic rings. The van der Waals surface area contributed by atoms with Crippen molar-refractivity contribution in [2.24, 2.45) is 0 Å². The van der Waals surface area contributed by atoms with Crippen molar-refractivity contribution in [3.8, 4) is 5.88 Å². The Morgan fingerprint density at radius 1 is 1.22 bits per heavy atom. The Kier molecular flexibility index (Phi) is 8.03. The number of carbonyl (C=O) groups excluding carboxylic acids is 1. The molecule has 1 atom stereocenters. The minimum Gasteiger partial charge on any atom is -0.481 e. The van der Waals surface area contributed by atoms with E-state index in [9.17, 15) is 4.79 Å². The summed E-state index contributed by atoms with van der Waals surface area (Å²) in [6.07, 6.45) is 11.8. The molecule has 0 amide bonds. The number of rotatable bonds is 9. The number of hydrogen-bond donors (Lipinski definition) is 1. The lowest BCUT2D eigenvalue weighted by atomic mass is 10.1. The number of hydrogen-bond acceptors (Lipinski definition) is 7. The summed E-state index contributed by atoms with van der Waals surface area (Å²) in [7, 11) is 1.57. The highest BCUT2D eigenvalue weighted by Gasteiger charge is 2.24. The van der Waals surface area contributed by atoms with E-state index in [0.717, 1.165) is 55.0 Å². The first-order valence-corrected chi connectivity index (χ1v) is 12.5. The monoisotopic (exact) mass is 489 g/mol. The number of aryl methyl sites for hydroxylation is 2. The molecule has 0 radical (unpaired) electrons. The van der Waals surface area contributed by atoms with Gasteiger partial charge in [0.2, 0.25) is 5.88 Å². The highest BCUT2D eigenvalue weighted by Crippen LogP contribution is 2.25. The molecule has 1 N–H and O–H groups in total. The first-order chi connectivity index (χ1) is 17.3. The third kappa shape index (κ3) is 6.93. The molecule has 4 heterocycles. The normalized spacial score (nSPS) is 14.2. The van der Waals surface area contributed by atoms with Crippen molar-refractivity contribution in [2.75, 3.05) is 19.0 Å². The van der Waals surface area contributed by atoms with Gasteiger partial charge in [0.1, 0.15) is 11.4 Å². The number of ether oxygens (including phenoxy) is 2. The molecule has 4 rings (SSSR count). The zero-order valence-corrected chi connectivity index (χ0v) is 21.5. The maximum Gasteiger partial charge on any atom is 0.308 e. The molecule has 3 aromatic heterocycles. The summed E-state index contributed by atoms with van der Waals surface area (Å²) >= 11 is 0. The molecule has 1 aliphatic rings. The molecule has 1 unspecified atom stereocenters. The van der Waals surface area contributed by atoms with Gasteiger partial charge in [-0.25, -0.2) is 9.97 Å². The van der Waals surface area contributed by atoms with E-state index >= 15 is 0 Å². The topological polar surface area (TPSA) is 91.2 Å². The first kappa shape index (κ1) is 25.4. The van der Waals surface area contributed by atoms with E-state index in [4.69, 9.17) is 19.6 Å². The van der Waals surface area contributed by atoms with Crippen molar-refractivity contribution < 1.29 is 14.3 Å². The molecular weight excluding hydrogens is 454 g/mol. The fraction of sp³-hybridized carbons (Fsp3) is 0.429. The number of methoxy groups -OCH3 is 1. The molecule has 0 fully saturated rings. The van der Waals surface area contributed by atoms with Crippen molar-refractivity contribution in [1.29, 1.82) is 0 Å². The van der Waals surface area contributed by atoms with Crippen molar-refractivity contribution in [2.45, 2.75) is 64.5 Å². The molecular formula is C28H35N5O3. The largest absolute Gasteiger partial charge is 0.481 e. The maximum absolute atomic E-state index is 12.6. The lowest BCUT2D eigenvalue weighted by molar-refractivity contribution is -0.155. The second-order valence-corrected chi connectivity index (χ2v) is 9.94. The third-order valence-electron chi connectivity index (χ3n) is 5.89. The number of esters is 1. The van der Waals surface area contributed by atoms with Crippen LogP contribution in [0, 0.1) is 0 Å². The zero-order chi connectivity index (χ0) is 25.5. The van der Waals surface area contributed by atoms with Crippen molar-refractivity contribution in [1.82, 2.24) is 19.7 Å². The second kappa shape index (κ2) is 11.4. The SMILES string of the molecule is COc1ccc(C(CC(=O)OC(C)(C)C)n2ccc(/C=C/CCc3ccc4c(n3)NCCC4)n2)cn1. The third-order valence-corrected chi connectivity index (χ3v) is 5.89. The summed E-state index contributed by atoms with van der Waals surface area (Å²) in [4.78, 5) is 21.7. The van der Waals surface area contributed by atoms with Gasteiger partial charge in [-0.3, -0.25) is 9.48 Å². The number of pyridine rings is 2. The summed E-state index contributed by atoms with van der Waals surface area (Å²) in [6.45, 7) is 6.58. The molecule has 0 aromatic carbocycles. The van der Waals surface area contributed by atoms with Crippen molar-refractivity contribution in [3.05, 3.63) is 71.3 Å². The Labute approximate surface area is 212 Å². The van der Waals surface area contributed by atoms with Crippen LogP contribution in [-0.2, 0) is 22.4 Å². The van der Waals surface area contributed by atoms with Crippen LogP contribution in [-0.4, -0.2) is 45.0 Å². The Morgan fingerprint density at radius 2 is 2.08 bits per heavy atom. The van der Waals surface area contributed by atoms with Crippen LogP contribution in [0.25, 0.3) is 6.08 Å². The van der Waals surface area contributed by atoms with Gasteiger partial charge >= 0.3 is 5.97 Å². The van der Waals surface area contributed by atoms with Gasteiger partial charge in [-0.15, -0.1) is 0 Å². The van der Waals surface area contributed by atoms with E-state index in [1.54, 1.807) is 24.1 Å². The number of nitrogens with one attached hydrogen (secondary N) is 1. The van der Waals surface area contributed by atoms with Gasteiger partial charge in [0.25, 0.3) is 0 Å². The van der Waals surface area contributed by atoms with Gasteiger partial charge in [0.15, 0.2) is 0 Å². The highest BCUT2D eigenvalue weighted by atomic mass is 16.6. The van der Waals surface area contributed by atoms with Crippen LogP contribution in [0.4, 0.5) is 5.82 Å². The number of carbonyl (C=O) groups is 1. The molecule has 0 aliphatic carbocycles. The minimum absolute atomic E-state index is 0.147. The molecule has 0 saturated heterocycles. The highest BCUT2D eigenvalue weighted by molar-refractivity contribution is 5.71. The first-order valence-electron chi connectivity index (χ1n) is 12.5. The number of nitrogens with zero attached hydrogens (tertiary/aromatic N) is 4. The summed E-state index contributed by atoms with van der Waals surface area (Å²) in [5.41, 5.74) is 3.51. The molecule has 0 bridgehead atoms. The van der Waals surface area contributed by atoms with Gasteiger partial charge in [-0.1, -0.05) is 12.1 Å². The number of fused-ring (bicyclic) bond motifs is 1. The lowest BCUT2D eigenvalue weighted by Gasteiger charge is -2.22. The molecule has 36 heavy (non-hydrogen) atoms. The van der Waals surface area contributed by atoms with Crippen LogP contribution >= 0.6 is 0 Å². The lowest BCUT2D eigenvalue weighted by Crippen LogP contribution is -2.26. The molecule has 190 valence electrons. The van der Waals surface area contributed by atoms with Gasteiger partial charge in [0, 0.05) is 30.7 Å². The minimum atomic E-state index is -0.555. The van der Waals surface area contributed by atoms with Crippen LogP contribution in [0.15, 0.2) is 48.8 Å². The quantitative estimate of drug-likeness (QED) is 0.423. The average molecular weight is 490 g/mol. The second-order valence-electron chi connectivity index (χ2n) is 9.94. The van der Waals surface area contributed by atoms with E-state index in [1.165, 1.54) is 5.56 Å². The number of anilines is 1. The van der Waals surface area contributed by atoms with Gasteiger partial charge in [-0.2, -0.15) is 5.10 Å². The predicted molar refractivity (Wildman–Crippen MR) is 140 cm³/mol. The smallest absolute Gasteiger partial charge is 0.308 e. The van der Waals surface area contributed by atoms with E-state index in [0.29, 0.717) is 5.88 Å². The molecule has 8 nitrogen and oxygen atoms in total. The average Bonchev–Trinajstić information content (AvgIpc) is 3.33. The Hall–Kier alpha value is -3.68. The summed E-state index contributed by atoms with van der Waals surface area (Å²) < 4.78 is 12.5. The van der Waals surface area contributed by atoms with Crippen LogP contribution < -0.4 is 10.1 Å². The van der Waals surface area contributed by atoms with Crippen molar-refractivity contribution >= 4 is 17.9 Å². The summed E-state index contributed by atoms with van der Waals surface area (Å²) in [5, 5.41) is 8.11. The standard InChI is InChI=1S/C28H35N5O3/c1-28(2,3)36-26(34)18-24(21-12-14-25(35-4)30-19-21)33-17-15-23(32-33)10-6-5-9-22-13-11-20-8-7-16-29-27(20)31-22/h6,10-15,17,19,24H,5,7-9,16,18H2,1-4H3,(H,29,31)/b10-6+. The van der Waals surface area contributed by atoms with Crippen LogP contribution in [0.2, 0.25) is 0 Å². The molecule has 0 spiro atoms. The molecule has 8 heteroatoms. The molecule has 1 aliphatic heterocycles. The van der Waals surface area contributed by atoms with Crippen LogP contribution in [0.3, 0.4) is 0 Å². The zero-order valence-electron chi connectivity index (χ0n) is 21.5. The predicted octanol–water partition coefficient (Wildman–Crippen LogP) is 5.01. The van der Waals surface area contributed by atoms with E-state index in [-0.39, 0.29) is 18.4 Å². The van der Waals surface area contributed by atoms with E-state index in [2.05, 4.69) is 28.5 Å². The van der Waals surface area contributed by atoms with Crippen LogP contribution in [0.1, 0.15) is 68.6 Å². The van der Waals surface area contributed by atoms with E-state index in [1.807, 2.05) is 45.2 Å². The molecule has 0 saturated carbocycles. The maximum atomic E-state index is 12.6. The van der Waals surface area contributed by atoms with Crippen molar-refractivity contribution in [3.63, 3.8) is 0 Å². The summed E-state index contributed by atoms with van der Waals surface area (Å²) in [6, 6.07) is 9.60. The Balaban J connectivity index is 1.43. The Bertz CT molecular complexity index is 1190. The fourth-order valence-electron chi connectivity index (χ4n) is 4.17. The number of allylic oxidation sites excluding steroid dienone is 1. The van der Waals surface area contributed by atoms with Gasteiger partial charge in [-0.05, 0) is 81.9 Å². The van der Waals surface area contributed by atoms with Gasteiger partial charge in [0.05, 0.1) is 25.3 Å².